The molecule has 0 fully saturated rings. The van der Waals surface area contributed by atoms with Crippen LogP contribution in [0.1, 0.15) is 36.6 Å². The number of carbonyl (C=O) groups excluding carboxylic acids is 2. The highest BCUT2D eigenvalue weighted by atomic mass is 16.6. The lowest BCUT2D eigenvalue weighted by Crippen LogP contribution is -2.35. The monoisotopic (exact) mass is 397 g/mol. The second-order valence-corrected chi connectivity index (χ2v) is 7.52. The van der Waals surface area contributed by atoms with Gasteiger partial charge in [-0.1, -0.05) is 49.7 Å². The standard InChI is InChI=1S/C23H27NO5/c1-15(2)23(18-8-9-19-20(13-18)28-11-10-27-19)24-21(25)14-29-22(26)12-17-6-4-16(3)5-7-17/h4-9,13,15,23H,10-12,14H2,1-3H3,(H,24,25)/t23-/m1/s1. The first kappa shape index (κ1) is 20.7. The molecule has 2 aromatic rings. The molecule has 29 heavy (non-hydrogen) atoms. The molecule has 0 spiro atoms. The van der Waals surface area contributed by atoms with Crippen LogP contribution >= 0.6 is 0 Å². The third kappa shape index (κ3) is 5.73. The minimum absolute atomic E-state index is 0.142. The summed E-state index contributed by atoms with van der Waals surface area (Å²) in [7, 11) is 0. The van der Waals surface area contributed by atoms with Crippen molar-refractivity contribution in [3.63, 3.8) is 0 Å². The van der Waals surface area contributed by atoms with E-state index in [-0.39, 0.29) is 30.9 Å². The molecule has 1 aliphatic rings. The first-order valence-corrected chi connectivity index (χ1v) is 9.82. The molecule has 0 radical (unpaired) electrons. The molecule has 1 amide bonds. The molecule has 0 unspecified atom stereocenters. The number of rotatable bonds is 7. The van der Waals surface area contributed by atoms with E-state index < -0.39 is 5.97 Å². The average molecular weight is 397 g/mol. The number of hydrogen-bond donors (Lipinski definition) is 1. The van der Waals surface area contributed by atoms with Crippen molar-refractivity contribution in [2.24, 2.45) is 5.92 Å². The van der Waals surface area contributed by atoms with Gasteiger partial charge in [0.05, 0.1) is 12.5 Å². The van der Waals surface area contributed by atoms with Crippen LogP contribution in [0.5, 0.6) is 11.5 Å². The number of benzene rings is 2. The molecule has 154 valence electrons. The minimum atomic E-state index is -0.426. The Morgan fingerprint density at radius 2 is 1.72 bits per heavy atom. The fourth-order valence-electron chi connectivity index (χ4n) is 3.17. The van der Waals surface area contributed by atoms with E-state index in [4.69, 9.17) is 14.2 Å². The number of ether oxygens (including phenoxy) is 3. The van der Waals surface area contributed by atoms with Crippen molar-refractivity contribution in [3.05, 3.63) is 59.2 Å². The van der Waals surface area contributed by atoms with E-state index >= 15 is 0 Å². The summed E-state index contributed by atoms with van der Waals surface area (Å²) in [6.07, 6.45) is 0.142. The molecule has 0 saturated carbocycles. The quantitative estimate of drug-likeness (QED) is 0.725. The van der Waals surface area contributed by atoms with Gasteiger partial charge in [-0.3, -0.25) is 9.59 Å². The lowest BCUT2D eigenvalue weighted by molar-refractivity contribution is -0.148. The Bertz CT molecular complexity index is 860. The van der Waals surface area contributed by atoms with E-state index in [1.165, 1.54) is 0 Å². The molecule has 0 bridgehead atoms. The summed E-state index contributed by atoms with van der Waals surface area (Å²) in [6, 6.07) is 13.1. The predicted octanol–water partition coefficient (Wildman–Crippen LogP) is 3.37. The summed E-state index contributed by atoms with van der Waals surface area (Å²) < 4.78 is 16.3. The van der Waals surface area contributed by atoms with E-state index in [1.54, 1.807) is 0 Å². The second kappa shape index (κ2) is 9.45. The number of fused-ring (bicyclic) bond motifs is 1. The molecule has 2 aromatic carbocycles. The SMILES string of the molecule is Cc1ccc(CC(=O)OCC(=O)N[C@@H](c2ccc3c(c2)OCCO3)C(C)C)cc1. The minimum Gasteiger partial charge on any atom is -0.486 e. The summed E-state index contributed by atoms with van der Waals surface area (Å²) in [5.74, 6) is 0.766. The van der Waals surface area contributed by atoms with Gasteiger partial charge in [0.1, 0.15) is 13.2 Å². The van der Waals surface area contributed by atoms with Crippen molar-refractivity contribution in [1.29, 1.82) is 0 Å². The Labute approximate surface area is 171 Å². The van der Waals surface area contributed by atoms with Crippen molar-refractivity contribution in [1.82, 2.24) is 5.32 Å². The van der Waals surface area contributed by atoms with Crippen LogP contribution in [-0.2, 0) is 20.7 Å². The zero-order valence-electron chi connectivity index (χ0n) is 17.1. The van der Waals surface area contributed by atoms with Gasteiger partial charge in [-0.15, -0.1) is 0 Å². The Morgan fingerprint density at radius 3 is 2.41 bits per heavy atom. The van der Waals surface area contributed by atoms with Crippen LogP contribution < -0.4 is 14.8 Å². The largest absolute Gasteiger partial charge is 0.486 e. The fourth-order valence-corrected chi connectivity index (χ4v) is 3.17. The zero-order chi connectivity index (χ0) is 20.8. The van der Waals surface area contributed by atoms with Crippen LogP contribution in [0.15, 0.2) is 42.5 Å². The van der Waals surface area contributed by atoms with Crippen LogP contribution in [0.4, 0.5) is 0 Å². The van der Waals surface area contributed by atoms with Gasteiger partial charge in [0.25, 0.3) is 5.91 Å². The van der Waals surface area contributed by atoms with Crippen LogP contribution in [0.25, 0.3) is 0 Å². The molecule has 1 aliphatic heterocycles. The summed E-state index contributed by atoms with van der Waals surface area (Å²) in [4.78, 5) is 24.4. The van der Waals surface area contributed by atoms with Crippen molar-refractivity contribution in [3.8, 4) is 11.5 Å². The number of hydrogen-bond acceptors (Lipinski definition) is 5. The van der Waals surface area contributed by atoms with Gasteiger partial charge in [-0.25, -0.2) is 0 Å². The van der Waals surface area contributed by atoms with Crippen molar-refractivity contribution >= 4 is 11.9 Å². The lowest BCUT2D eigenvalue weighted by Gasteiger charge is -2.25. The number of carbonyl (C=O) groups is 2. The molecular formula is C23H27NO5. The van der Waals surface area contributed by atoms with Crippen LogP contribution in [-0.4, -0.2) is 31.7 Å². The van der Waals surface area contributed by atoms with Gasteiger partial charge in [0.15, 0.2) is 18.1 Å². The summed E-state index contributed by atoms with van der Waals surface area (Å²) in [5, 5.41) is 2.95. The van der Waals surface area contributed by atoms with Gasteiger partial charge in [0, 0.05) is 0 Å². The van der Waals surface area contributed by atoms with Crippen molar-refractivity contribution < 1.29 is 23.8 Å². The maximum atomic E-state index is 12.4. The first-order chi connectivity index (χ1) is 13.9. The molecule has 0 aliphatic carbocycles. The predicted molar refractivity (Wildman–Crippen MR) is 109 cm³/mol. The maximum absolute atomic E-state index is 12.4. The molecule has 6 heteroatoms. The highest BCUT2D eigenvalue weighted by molar-refractivity contribution is 5.81. The summed E-state index contributed by atoms with van der Waals surface area (Å²) in [5.41, 5.74) is 2.90. The number of amides is 1. The van der Waals surface area contributed by atoms with E-state index in [0.717, 1.165) is 16.7 Å². The van der Waals surface area contributed by atoms with E-state index in [0.29, 0.717) is 24.7 Å². The molecule has 1 N–H and O–H groups in total. The molecule has 3 rings (SSSR count). The Balaban J connectivity index is 1.55. The molecule has 6 nitrogen and oxygen atoms in total. The third-order valence-electron chi connectivity index (χ3n) is 4.74. The Morgan fingerprint density at radius 1 is 1.03 bits per heavy atom. The van der Waals surface area contributed by atoms with Gasteiger partial charge in [0.2, 0.25) is 0 Å². The van der Waals surface area contributed by atoms with Crippen molar-refractivity contribution in [2.75, 3.05) is 19.8 Å². The van der Waals surface area contributed by atoms with E-state index in [9.17, 15) is 9.59 Å². The van der Waals surface area contributed by atoms with Gasteiger partial charge < -0.3 is 19.5 Å². The number of esters is 1. The highest BCUT2D eigenvalue weighted by Gasteiger charge is 2.22. The highest BCUT2D eigenvalue weighted by Crippen LogP contribution is 2.34. The fraction of sp³-hybridized carbons (Fsp3) is 0.391. The molecule has 0 saturated heterocycles. The molecule has 0 aromatic heterocycles. The van der Waals surface area contributed by atoms with Crippen LogP contribution in [0.3, 0.4) is 0 Å². The zero-order valence-corrected chi connectivity index (χ0v) is 17.1. The number of nitrogens with one attached hydrogen (secondary N) is 1. The van der Waals surface area contributed by atoms with Gasteiger partial charge in [-0.05, 0) is 36.1 Å². The second-order valence-electron chi connectivity index (χ2n) is 7.52. The summed E-state index contributed by atoms with van der Waals surface area (Å²) >= 11 is 0. The smallest absolute Gasteiger partial charge is 0.310 e. The van der Waals surface area contributed by atoms with Gasteiger partial charge in [-0.2, -0.15) is 0 Å². The third-order valence-corrected chi connectivity index (χ3v) is 4.74. The molecule has 1 atom stereocenters. The topological polar surface area (TPSA) is 73.9 Å². The van der Waals surface area contributed by atoms with E-state index in [1.807, 2.05) is 63.2 Å². The molecular weight excluding hydrogens is 370 g/mol. The summed E-state index contributed by atoms with van der Waals surface area (Å²) in [6.45, 7) is 6.75. The normalized spacial score (nSPS) is 13.7. The Kier molecular flexibility index (Phi) is 6.75. The van der Waals surface area contributed by atoms with E-state index in [2.05, 4.69) is 5.32 Å². The maximum Gasteiger partial charge on any atom is 0.310 e. The van der Waals surface area contributed by atoms with Crippen LogP contribution in [0, 0.1) is 12.8 Å². The lowest BCUT2D eigenvalue weighted by atomic mass is 9.95. The average Bonchev–Trinajstić information content (AvgIpc) is 2.71. The van der Waals surface area contributed by atoms with Gasteiger partial charge >= 0.3 is 5.97 Å². The first-order valence-electron chi connectivity index (χ1n) is 9.82. The number of aryl methyl sites for hydroxylation is 1. The van der Waals surface area contributed by atoms with Crippen molar-refractivity contribution in [2.45, 2.75) is 33.2 Å². The Hall–Kier alpha value is -3.02. The molecule has 1 heterocycles. The van der Waals surface area contributed by atoms with Crippen LogP contribution in [0.2, 0.25) is 0 Å².